The van der Waals surface area contributed by atoms with E-state index in [2.05, 4.69) is 10.6 Å². The highest BCUT2D eigenvalue weighted by Gasteiger charge is 2.26. The van der Waals surface area contributed by atoms with Crippen LogP contribution < -0.4 is 15.4 Å². The van der Waals surface area contributed by atoms with Crippen LogP contribution in [-0.4, -0.2) is 41.1 Å². The van der Waals surface area contributed by atoms with Gasteiger partial charge in [-0.2, -0.15) is 8.42 Å². The van der Waals surface area contributed by atoms with Gasteiger partial charge in [-0.1, -0.05) is 72.8 Å². The number of carboxylic acid groups (broad SMARTS) is 1. The van der Waals surface area contributed by atoms with E-state index in [1.165, 1.54) is 23.5 Å². The topological polar surface area (TPSA) is 158 Å². The number of hydrogen-bond acceptors (Lipinski definition) is 6. The van der Waals surface area contributed by atoms with Gasteiger partial charge in [-0.3, -0.25) is 14.1 Å². The molecule has 202 valence electrons. The fourth-order valence-electron chi connectivity index (χ4n) is 3.96. The molecule has 2 atom stereocenters. The van der Waals surface area contributed by atoms with Gasteiger partial charge >= 0.3 is 16.4 Å². The van der Waals surface area contributed by atoms with E-state index in [1.54, 1.807) is 12.1 Å². The fourth-order valence-corrected chi connectivity index (χ4v) is 5.28. The van der Waals surface area contributed by atoms with E-state index >= 15 is 0 Å². The lowest BCUT2D eigenvalue weighted by atomic mass is 10.0. The highest BCUT2D eigenvalue weighted by atomic mass is 32.2. The number of nitrogens with zero attached hydrogens (tertiary/aromatic N) is 1. The minimum Gasteiger partial charge on any atom is -0.465 e. The van der Waals surface area contributed by atoms with Crippen LogP contribution in [0.1, 0.15) is 22.2 Å². The predicted octanol–water partition coefficient (Wildman–Crippen LogP) is 4.30. The SMILES string of the molecule is O=C(O)N[C@@H](Cc1ccccc1)C(=O)N[C@@H](Cc1ccc(NS(=O)(=O)O)cc1)c1nc(-c2ccccc2)cs1. The van der Waals surface area contributed by atoms with E-state index in [9.17, 15) is 23.1 Å². The molecule has 12 heteroatoms. The summed E-state index contributed by atoms with van der Waals surface area (Å²) in [6, 6.07) is 23.3. The van der Waals surface area contributed by atoms with Crippen molar-refractivity contribution in [1.29, 1.82) is 0 Å². The normalized spacial score (nSPS) is 12.7. The summed E-state index contributed by atoms with van der Waals surface area (Å²) in [6.45, 7) is 0. The van der Waals surface area contributed by atoms with Crippen LogP contribution in [0.5, 0.6) is 0 Å². The quantitative estimate of drug-likeness (QED) is 0.169. The molecule has 0 aliphatic rings. The molecule has 0 spiro atoms. The van der Waals surface area contributed by atoms with Gasteiger partial charge in [0.15, 0.2) is 0 Å². The maximum absolute atomic E-state index is 13.4. The van der Waals surface area contributed by atoms with Gasteiger partial charge < -0.3 is 15.7 Å². The molecule has 0 bridgehead atoms. The number of anilines is 1. The molecule has 4 rings (SSSR count). The summed E-state index contributed by atoms with van der Waals surface area (Å²) < 4.78 is 33.2. The number of hydrogen-bond donors (Lipinski definition) is 5. The zero-order chi connectivity index (χ0) is 27.8. The maximum atomic E-state index is 13.4. The monoisotopic (exact) mass is 566 g/mol. The van der Waals surface area contributed by atoms with Gasteiger partial charge in [0.05, 0.1) is 17.4 Å². The summed E-state index contributed by atoms with van der Waals surface area (Å²) in [5, 5.41) is 17.1. The molecule has 0 saturated heterocycles. The Kier molecular flexibility index (Phi) is 8.92. The standard InChI is InChI=1S/C27H26N4O6S2/c32-25(22(30-27(33)34)15-18-7-3-1-4-8-18)28-23(16-19-11-13-21(14-12-19)31-39(35,36)37)26-29-24(17-38-26)20-9-5-2-6-10-20/h1-14,17,22-23,30-31H,15-16H2,(H,28,32)(H,33,34)(H,35,36,37)/t22-,23-/m0/s1. The van der Waals surface area contributed by atoms with Crippen molar-refractivity contribution in [2.45, 2.75) is 24.9 Å². The minimum absolute atomic E-state index is 0.162. The van der Waals surface area contributed by atoms with Crippen molar-refractivity contribution < 1.29 is 27.7 Å². The summed E-state index contributed by atoms with van der Waals surface area (Å²) in [7, 11) is -4.41. The first-order valence-electron chi connectivity index (χ1n) is 11.8. The van der Waals surface area contributed by atoms with Crippen molar-refractivity contribution in [3.05, 3.63) is 106 Å². The molecule has 2 amide bonds. The number of thiazole rings is 1. The van der Waals surface area contributed by atoms with Crippen LogP contribution >= 0.6 is 11.3 Å². The van der Waals surface area contributed by atoms with E-state index in [-0.39, 0.29) is 12.1 Å². The number of benzene rings is 3. The molecule has 10 nitrogen and oxygen atoms in total. The second-order valence-electron chi connectivity index (χ2n) is 8.67. The molecule has 1 heterocycles. The summed E-state index contributed by atoms with van der Waals surface area (Å²) in [4.78, 5) is 29.6. The van der Waals surface area contributed by atoms with Gasteiger partial charge in [0.25, 0.3) is 0 Å². The lowest BCUT2D eigenvalue weighted by Gasteiger charge is -2.22. The predicted molar refractivity (Wildman–Crippen MR) is 149 cm³/mol. The third kappa shape index (κ3) is 8.37. The molecule has 0 radical (unpaired) electrons. The fraction of sp³-hybridized carbons (Fsp3) is 0.148. The van der Waals surface area contributed by atoms with E-state index < -0.39 is 34.4 Å². The molecule has 0 aliphatic heterocycles. The maximum Gasteiger partial charge on any atom is 0.405 e. The minimum atomic E-state index is -4.41. The Balaban J connectivity index is 1.60. The van der Waals surface area contributed by atoms with Crippen molar-refractivity contribution in [3.8, 4) is 11.3 Å². The van der Waals surface area contributed by atoms with Crippen LogP contribution in [-0.2, 0) is 27.9 Å². The molecule has 3 aromatic carbocycles. The average Bonchev–Trinajstić information content (AvgIpc) is 3.39. The molecule has 5 N–H and O–H groups in total. The number of carbonyl (C=O) groups is 2. The Hall–Kier alpha value is -4.26. The van der Waals surface area contributed by atoms with Crippen LogP contribution in [0, 0.1) is 0 Å². The van der Waals surface area contributed by atoms with Crippen LogP contribution in [0.4, 0.5) is 10.5 Å². The Morgan fingerprint density at radius 1 is 0.846 bits per heavy atom. The van der Waals surface area contributed by atoms with Crippen molar-refractivity contribution in [2.75, 3.05) is 4.72 Å². The lowest BCUT2D eigenvalue weighted by Crippen LogP contribution is -2.48. The molecule has 0 saturated carbocycles. The van der Waals surface area contributed by atoms with Gasteiger partial charge in [-0.15, -0.1) is 11.3 Å². The van der Waals surface area contributed by atoms with Crippen molar-refractivity contribution in [3.63, 3.8) is 0 Å². The number of nitrogens with one attached hydrogen (secondary N) is 3. The molecular formula is C27H26N4O6S2. The second-order valence-corrected chi connectivity index (χ2v) is 10.7. The number of carbonyl (C=O) groups excluding carboxylic acids is 1. The highest BCUT2D eigenvalue weighted by molar-refractivity contribution is 7.87. The van der Waals surface area contributed by atoms with Crippen molar-refractivity contribution in [1.82, 2.24) is 15.6 Å². The van der Waals surface area contributed by atoms with Gasteiger partial charge in [0.1, 0.15) is 11.0 Å². The average molecular weight is 567 g/mol. The zero-order valence-electron chi connectivity index (χ0n) is 20.5. The lowest BCUT2D eigenvalue weighted by molar-refractivity contribution is -0.123. The first-order valence-corrected chi connectivity index (χ1v) is 14.2. The van der Waals surface area contributed by atoms with Crippen LogP contribution in [0.3, 0.4) is 0 Å². The van der Waals surface area contributed by atoms with Crippen LogP contribution in [0.2, 0.25) is 0 Å². The van der Waals surface area contributed by atoms with Crippen LogP contribution in [0.25, 0.3) is 11.3 Å². The summed E-state index contributed by atoms with van der Waals surface area (Å²) in [5.41, 5.74) is 3.39. The Morgan fingerprint density at radius 2 is 1.46 bits per heavy atom. The number of rotatable bonds is 11. The third-order valence-corrected chi connectivity index (χ3v) is 7.20. The summed E-state index contributed by atoms with van der Waals surface area (Å²) in [6.07, 6.45) is -0.857. The van der Waals surface area contributed by atoms with Crippen LogP contribution in [0.15, 0.2) is 90.3 Å². The number of aromatic nitrogens is 1. The second kappa shape index (κ2) is 12.5. The first kappa shape index (κ1) is 27.8. The smallest absolute Gasteiger partial charge is 0.405 e. The van der Waals surface area contributed by atoms with E-state index in [0.717, 1.165) is 22.4 Å². The molecule has 1 aromatic heterocycles. The van der Waals surface area contributed by atoms with Gasteiger partial charge in [-0.05, 0) is 29.7 Å². The van der Waals surface area contributed by atoms with E-state index in [4.69, 9.17) is 9.54 Å². The van der Waals surface area contributed by atoms with Crippen molar-refractivity contribution in [2.24, 2.45) is 0 Å². The number of amides is 2. The zero-order valence-corrected chi connectivity index (χ0v) is 22.2. The molecular weight excluding hydrogens is 540 g/mol. The first-order chi connectivity index (χ1) is 18.7. The van der Waals surface area contributed by atoms with E-state index in [0.29, 0.717) is 11.4 Å². The van der Waals surface area contributed by atoms with Gasteiger partial charge in [0, 0.05) is 17.4 Å². The third-order valence-electron chi connectivity index (χ3n) is 5.74. The highest BCUT2D eigenvalue weighted by Crippen LogP contribution is 2.28. The van der Waals surface area contributed by atoms with Crippen molar-refractivity contribution >= 4 is 39.3 Å². The van der Waals surface area contributed by atoms with Gasteiger partial charge in [0.2, 0.25) is 5.91 Å². The Bertz CT molecular complexity index is 1510. The molecule has 39 heavy (non-hydrogen) atoms. The van der Waals surface area contributed by atoms with Gasteiger partial charge in [-0.25, -0.2) is 9.78 Å². The largest absolute Gasteiger partial charge is 0.465 e. The van der Waals surface area contributed by atoms with E-state index in [1.807, 2.05) is 70.8 Å². The summed E-state index contributed by atoms with van der Waals surface area (Å²) >= 11 is 1.37. The Labute approximate surface area is 229 Å². The summed E-state index contributed by atoms with van der Waals surface area (Å²) in [5.74, 6) is -0.507. The Morgan fingerprint density at radius 3 is 2.08 bits per heavy atom. The molecule has 0 aliphatic carbocycles. The molecule has 0 fully saturated rings. The molecule has 4 aromatic rings. The molecule has 0 unspecified atom stereocenters.